The van der Waals surface area contributed by atoms with Crippen molar-refractivity contribution in [2.45, 2.75) is 145 Å². The highest BCUT2D eigenvalue weighted by molar-refractivity contribution is 5.82. The van der Waals surface area contributed by atoms with Crippen LogP contribution in [0.15, 0.2) is 241 Å². The molecule has 8 nitrogen and oxygen atoms in total. The molecule has 0 spiro atoms. The van der Waals surface area contributed by atoms with Gasteiger partial charge >= 0.3 is 0 Å². The molecule has 0 amide bonds. The molecule has 0 heterocycles. The van der Waals surface area contributed by atoms with E-state index in [-0.39, 0.29) is 0 Å². The standard InChI is InChI=1S/C12H10N2.C10H8.3C7H8N2.C3H8.9C2H6/c1-3-7-11(8-4-1)13-14-12-9-5-2-6-10-12;1-2-6-10-8-4-3-7-9(10)5-1;3*1-8-9-7-5-3-2-4-6-7;1-3-2;9*1-2/h1-10H;1-8H;3*2-6H,1H3;3H2,1-2H3;9*1-2H3. The van der Waals surface area contributed by atoms with Crippen molar-refractivity contribution in [2.75, 3.05) is 21.1 Å². The maximum Gasteiger partial charge on any atom is 0.0857 e. The summed E-state index contributed by atoms with van der Waals surface area (Å²) in [6.07, 6.45) is 1.25. The highest BCUT2D eigenvalue weighted by Crippen LogP contribution is 2.17. The van der Waals surface area contributed by atoms with Crippen LogP contribution in [0.4, 0.5) is 28.4 Å². The molecule has 0 aliphatic rings. The Labute approximate surface area is 444 Å². The molecule has 0 bridgehead atoms. The fraction of sp³-hybridized carbons (Fsp3) is 0.375. The number of rotatable bonds is 5. The van der Waals surface area contributed by atoms with E-state index in [9.17, 15) is 0 Å². The van der Waals surface area contributed by atoms with Crippen LogP contribution in [-0.2, 0) is 0 Å². The molecular weight excluding hydrogens is 881 g/mol. The van der Waals surface area contributed by atoms with Crippen molar-refractivity contribution >= 4 is 39.2 Å². The van der Waals surface area contributed by atoms with Gasteiger partial charge in [-0.3, -0.25) is 0 Å². The molecule has 0 aliphatic carbocycles. The van der Waals surface area contributed by atoms with Crippen LogP contribution >= 0.6 is 0 Å². The first kappa shape index (κ1) is 82.1. The highest BCUT2D eigenvalue weighted by atomic mass is 15.1. The van der Waals surface area contributed by atoms with Gasteiger partial charge in [-0.25, -0.2) is 0 Å². The molecule has 0 atom stereocenters. The summed E-state index contributed by atoms with van der Waals surface area (Å²) < 4.78 is 0. The van der Waals surface area contributed by atoms with Crippen molar-refractivity contribution in [3.63, 3.8) is 0 Å². The number of hydrogen-bond acceptors (Lipinski definition) is 8. The van der Waals surface area contributed by atoms with Gasteiger partial charge in [0.25, 0.3) is 0 Å². The molecule has 0 unspecified atom stereocenters. The van der Waals surface area contributed by atoms with E-state index in [0.29, 0.717) is 0 Å². The van der Waals surface area contributed by atoms with E-state index in [4.69, 9.17) is 0 Å². The van der Waals surface area contributed by atoms with Crippen molar-refractivity contribution in [3.8, 4) is 0 Å². The van der Waals surface area contributed by atoms with Crippen LogP contribution in [-0.4, -0.2) is 21.1 Å². The van der Waals surface area contributed by atoms with E-state index >= 15 is 0 Å². The Morgan fingerprint density at radius 1 is 0.208 bits per heavy atom. The third-order valence-corrected chi connectivity index (χ3v) is 6.37. The van der Waals surface area contributed by atoms with Crippen LogP contribution in [0.2, 0.25) is 0 Å². The van der Waals surface area contributed by atoms with Gasteiger partial charge in [-0.2, -0.15) is 40.9 Å². The lowest BCUT2D eigenvalue weighted by Crippen LogP contribution is -1.67. The second-order valence-corrected chi connectivity index (χ2v) is 10.8. The summed E-state index contributed by atoms with van der Waals surface area (Å²) in [5, 5.41) is 33.2. The van der Waals surface area contributed by atoms with Gasteiger partial charge in [0, 0.05) is 21.1 Å². The van der Waals surface area contributed by atoms with Crippen LogP contribution < -0.4 is 0 Å². The van der Waals surface area contributed by atoms with E-state index in [1.54, 1.807) is 21.1 Å². The Balaban J connectivity index is -0.000000109. The van der Waals surface area contributed by atoms with Crippen LogP contribution in [0.25, 0.3) is 10.8 Å². The van der Waals surface area contributed by atoms with Gasteiger partial charge in [-0.15, -0.1) is 0 Å². The molecule has 0 saturated heterocycles. The van der Waals surface area contributed by atoms with E-state index in [1.165, 1.54) is 17.2 Å². The fourth-order valence-electron chi connectivity index (χ4n) is 4.07. The van der Waals surface area contributed by atoms with E-state index < -0.39 is 0 Å². The molecule has 400 valence electrons. The van der Waals surface area contributed by atoms with Crippen molar-refractivity contribution in [1.82, 2.24) is 0 Å². The van der Waals surface area contributed by atoms with Gasteiger partial charge in [0.15, 0.2) is 0 Å². The quantitative estimate of drug-likeness (QED) is 0.154. The lowest BCUT2D eigenvalue weighted by atomic mass is 10.1. The van der Waals surface area contributed by atoms with Gasteiger partial charge in [0.05, 0.1) is 28.4 Å². The third-order valence-electron chi connectivity index (χ3n) is 6.37. The molecule has 0 fully saturated rings. The number of nitrogens with zero attached hydrogens (tertiary/aromatic N) is 8. The molecule has 0 saturated carbocycles. The highest BCUT2D eigenvalue weighted by Gasteiger charge is 1.88. The minimum atomic E-state index is 0.872. The molecule has 7 rings (SSSR count). The molecule has 7 aromatic rings. The number of benzene rings is 7. The first-order valence-electron chi connectivity index (χ1n) is 26.6. The predicted octanol–water partition coefficient (Wildman–Crippen LogP) is 24.8. The number of azo groups is 4. The normalized spacial score (nSPS) is 8.32. The van der Waals surface area contributed by atoms with Gasteiger partial charge in [0.1, 0.15) is 0 Å². The molecule has 0 radical (unpaired) electrons. The monoisotopic (exact) mass is 985 g/mol. The SMILES string of the molecule is CC.CC.CC.CC.CC.CC.CC.CC.CC.CCC.CN=Nc1ccccc1.CN=Nc1ccccc1.CN=Nc1ccccc1.c1ccc(N=Nc2ccccc2)cc1.c1ccc2ccccc2c1. The Kier molecular flexibility index (Phi) is 92.6. The zero-order valence-electron chi connectivity index (χ0n) is 49.8. The number of hydrogen-bond donors (Lipinski definition) is 0. The zero-order valence-corrected chi connectivity index (χ0v) is 49.8. The summed E-state index contributed by atoms with van der Waals surface area (Å²) in [6, 6.07) is 65.0. The second kappa shape index (κ2) is 81.2. The van der Waals surface area contributed by atoms with Crippen LogP contribution in [0.5, 0.6) is 0 Å². The summed E-state index contributed by atoms with van der Waals surface area (Å²) in [4.78, 5) is 0. The van der Waals surface area contributed by atoms with Gasteiger partial charge < -0.3 is 0 Å². The molecule has 72 heavy (non-hydrogen) atoms. The summed E-state index contributed by atoms with van der Waals surface area (Å²) in [6.45, 7) is 40.2. The van der Waals surface area contributed by atoms with E-state index in [2.05, 4.69) is 103 Å². The average Bonchev–Trinajstić information content (AvgIpc) is 3.50. The second-order valence-electron chi connectivity index (χ2n) is 10.8. The summed E-state index contributed by atoms with van der Waals surface area (Å²) in [5.41, 5.74) is 4.45. The van der Waals surface area contributed by atoms with Gasteiger partial charge in [-0.05, 0) is 71.4 Å². The maximum absolute atomic E-state index is 4.10. The summed E-state index contributed by atoms with van der Waals surface area (Å²) >= 11 is 0. The molecule has 8 heteroatoms. The van der Waals surface area contributed by atoms with Crippen molar-refractivity contribution in [2.24, 2.45) is 40.9 Å². The Bertz CT molecular complexity index is 1800. The zero-order chi connectivity index (χ0) is 56.7. The largest absolute Gasteiger partial charge is 0.192 e. The average molecular weight is 986 g/mol. The van der Waals surface area contributed by atoms with Crippen molar-refractivity contribution < 1.29 is 0 Å². The Morgan fingerprint density at radius 2 is 0.333 bits per heavy atom. The third kappa shape index (κ3) is 57.5. The Morgan fingerprint density at radius 3 is 0.472 bits per heavy atom. The lowest BCUT2D eigenvalue weighted by Gasteiger charge is -1.92. The van der Waals surface area contributed by atoms with E-state index in [0.717, 1.165) is 28.4 Å². The number of fused-ring (bicyclic) bond motifs is 1. The minimum Gasteiger partial charge on any atom is -0.192 e. The van der Waals surface area contributed by atoms with Crippen LogP contribution in [0.1, 0.15) is 145 Å². The minimum absolute atomic E-state index is 0.872. The molecule has 0 aromatic heterocycles. The topological polar surface area (TPSA) is 98.9 Å². The van der Waals surface area contributed by atoms with Crippen molar-refractivity contribution in [1.29, 1.82) is 0 Å². The first-order chi connectivity index (χ1) is 35.6. The van der Waals surface area contributed by atoms with Gasteiger partial charge in [-0.1, -0.05) is 284 Å². The van der Waals surface area contributed by atoms with Crippen molar-refractivity contribution in [3.05, 3.63) is 200 Å². The molecule has 0 aliphatic heterocycles. The Hall–Kier alpha value is -6.80. The van der Waals surface area contributed by atoms with Crippen LogP contribution in [0, 0.1) is 0 Å². The maximum atomic E-state index is 4.10. The molecule has 0 N–H and O–H groups in total. The predicted molar refractivity (Wildman–Crippen MR) is 330 cm³/mol. The lowest BCUT2D eigenvalue weighted by molar-refractivity contribution is 1.09. The molecular formula is C64H104N8. The smallest absolute Gasteiger partial charge is 0.0857 e. The summed E-state index contributed by atoms with van der Waals surface area (Å²) in [5.74, 6) is 0. The first-order valence-corrected chi connectivity index (χ1v) is 26.6. The van der Waals surface area contributed by atoms with E-state index in [1.807, 2.05) is 276 Å². The van der Waals surface area contributed by atoms with Gasteiger partial charge in [0.2, 0.25) is 0 Å². The fourth-order valence-corrected chi connectivity index (χ4v) is 4.07. The molecule has 7 aromatic carbocycles. The van der Waals surface area contributed by atoms with Crippen LogP contribution in [0.3, 0.4) is 0 Å². The summed E-state index contributed by atoms with van der Waals surface area (Å²) in [7, 11) is 4.98.